The van der Waals surface area contributed by atoms with Gasteiger partial charge in [0.05, 0.1) is 12.8 Å². The monoisotopic (exact) mass is 469 g/mol. The zero-order valence-electron chi connectivity index (χ0n) is 18.3. The van der Waals surface area contributed by atoms with E-state index < -0.39 is 11.7 Å². The molecule has 8 nitrogen and oxygen atoms in total. The topological polar surface area (TPSA) is 96.4 Å². The number of likely N-dealkylation sites (tertiary alicyclic amines) is 1. The molecule has 2 aromatic carbocycles. The van der Waals surface area contributed by atoms with Crippen LogP contribution < -0.4 is 15.4 Å². The van der Waals surface area contributed by atoms with E-state index in [1.807, 2.05) is 25.1 Å². The molecule has 0 aliphatic carbocycles. The number of benzene rings is 2. The van der Waals surface area contributed by atoms with E-state index in [-0.39, 0.29) is 17.0 Å². The second-order valence-electron chi connectivity index (χ2n) is 7.81. The van der Waals surface area contributed by atoms with Crippen LogP contribution in [0.3, 0.4) is 0 Å². The normalized spacial score (nSPS) is 14.1. The number of amides is 3. The van der Waals surface area contributed by atoms with Gasteiger partial charge >= 0.3 is 6.03 Å². The molecule has 2 N–H and O–H groups in total. The van der Waals surface area contributed by atoms with Gasteiger partial charge in [0, 0.05) is 24.7 Å². The number of carbonyl (C=O) groups is 2. The van der Waals surface area contributed by atoms with E-state index >= 15 is 0 Å². The fourth-order valence-corrected chi connectivity index (χ4v) is 4.59. The van der Waals surface area contributed by atoms with Crippen molar-refractivity contribution in [3.63, 3.8) is 0 Å². The Hall–Kier alpha value is -3.53. The van der Waals surface area contributed by atoms with E-state index in [0.717, 1.165) is 23.4 Å². The Morgan fingerprint density at radius 1 is 1.12 bits per heavy atom. The summed E-state index contributed by atoms with van der Waals surface area (Å²) in [5, 5.41) is 14.7. The number of carbonyl (C=O) groups excluding carboxylic acids is 2. The fourth-order valence-electron chi connectivity index (χ4n) is 3.69. The Labute approximate surface area is 194 Å². The second-order valence-corrected chi connectivity index (χ2v) is 8.81. The lowest BCUT2D eigenvalue weighted by molar-refractivity contribution is 0.102. The number of nitrogens with one attached hydrogen (secondary N) is 2. The largest absolute Gasteiger partial charge is 0.495 e. The minimum atomic E-state index is -0.428. The summed E-state index contributed by atoms with van der Waals surface area (Å²) in [4.78, 5) is 26.9. The van der Waals surface area contributed by atoms with Crippen molar-refractivity contribution in [2.75, 3.05) is 30.8 Å². The number of methoxy groups -OCH3 is 1. The van der Waals surface area contributed by atoms with Gasteiger partial charge in [0.2, 0.25) is 5.01 Å². The predicted molar refractivity (Wildman–Crippen MR) is 125 cm³/mol. The lowest BCUT2D eigenvalue weighted by Gasteiger charge is -2.31. The molecule has 0 spiro atoms. The first-order valence-electron chi connectivity index (χ1n) is 10.5. The summed E-state index contributed by atoms with van der Waals surface area (Å²) in [6.45, 7) is 3.08. The smallest absolute Gasteiger partial charge is 0.321 e. The second kappa shape index (κ2) is 9.95. The number of halogens is 1. The molecular weight excluding hydrogens is 445 g/mol. The Morgan fingerprint density at radius 2 is 1.91 bits per heavy atom. The van der Waals surface area contributed by atoms with Crippen LogP contribution in [0.5, 0.6) is 5.75 Å². The average molecular weight is 470 g/mol. The van der Waals surface area contributed by atoms with Crippen LogP contribution in [0.2, 0.25) is 0 Å². The van der Waals surface area contributed by atoms with Crippen LogP contribution in [0.15, 0.2) is 42.5 Å². The molecule has 0 atom stereocenters. The zero-order chi connectivity index (χ0) is 23.4. The highest BCUT2D eigenvalue weighted by atomic mass is 32.1. The van der Waals surface area contributed by atoms with E-state index in [4.69, 9.17) is 4.74 Å². The van der Waals surface area contributed by atoms with Gasteiger partial charge in [0.25, 0.3) is 5.91 Å². The molecule has 0 saturated carbocycles. The number of urea groups is 1. The van der Waals surface area contributed by atoms with Crippen LogP contribution in [0.4, 0.5) is 20.6 Å². The first kappa shape index (κ1) is 22.7. The first-order chi connectivity index (χ1) is 15.9. The van der Waals surface area contributed by atoms with Crippen LogP contribution >= 0.6 is 11.3 Å². The molecule has 3 aromatic rings. The predicted octanol–water partition coefficient (Wildman–Crippen LogP) is 4.66. The van der Waals surface area contributed by atoms with Crippen LogP contribution in [0, 0.1) is 12.7 Å². The number of anilines is 2. The molecule has 0 radical (unpaired) electrons. The molecule has 0 bridgehead atoms. The van der Waals surface area contributed by atoms with Gasteiger partial charge in [0.1, 0.15) is 16.6 Å². The third-order valence-corrected chi connectivity index (χ3v) is 6.53. The van der Waals surface area contributed by atoms with E-state index in [0.29, 0.717) is 30.2 Å². The Kier molecular flexibility index (Phi) is 6.83. The van der Waals surface area contributed by atoms with Gasteiger partial charge < -0.3 is 20.3 Å². The molecule has 2 heterocycles. The third-order valence-electron chi connectivity index (χ3n) is 5.45. The first-order valence-corrected chi connectivity index (χ1v) is 11.4. The van der Waals surface area contributed by atoms with Crippen LogP contribution in [-0.4, -0.2) is 47.2 Å². The highest BCUT2D eigenvalue weighted by Crippen LogP contribution is 2.31. The summed E-state index contributed by atoms with van der Waals surface area (Å²) < 4.78 is 18.6. The van der Waals surface area contributed by atoms with Crippen molar-refractivity contribution in [3.8, 4) is 5.75 Å². The van der Waals surface area contributed by atoms with Crippen LogP contribution in [0.25, 0.3) is 0 Å². The molecule has 1 aromatic heterocycles. The Morgan fingerprint density at radius 3 is 2.64 bits per heavy atom. The summed E-state index contributed by atoms with van der Waals surface area (Å²) in [6, 6.07) is 11.1. The highest BCUT2D eigenvalue weighted by Gasteiger charge is 2.27. The number of hydrogen-bond donors (Lipinski definition) is 2. The number of ether oxygens (including phenoxy) is 1. The summed E-state index contributed by atoms with van der Waals surface area (Å²) >= 11 is 1.23. The molecule has 4 rings (SSSR count). The number of rotatable bonds is 5. The minimum Gasteiger partial charge on any atom is -0.495 e. The van der Waals surface area contributed by atoms with Crippen molar-refractivity contribution >= 4 is 34.6 Å². The lowest BCUT2D eigenvalue weighted by Crippen LogP contribution is -2.40. The maximum atomic E-state index is 13.3. The van der Waals surface area contributed by atoms with Gasteiger partial charge in [-0.25, -0.2) is 9.18 Å². The van der Waals surface area contributed by atoms with Gasteiger partial charge in [0.15, 0.2) is 0 Å². The van der Waals surface area contributed by atoms with Gasteiger partial charge in [-0.1, -0.05) is 23.5 Å². The van der Waals surface area contributed by atoms with Crippen molar-refractivity contribution in [2.45, 2.75) is 25.7 Å². The molecule has 1 aliphatic heterocycles. The van der Waals surface area contributed by atoms with E-state index in [9.17, 15) is 14.0 Å². The van der Waals surface area contributed by atoms with Crippen molar-refractivity contribution in [2.24, 2.45) is 0 Å². The average Bonchev–Trinajstić information content (AvgIpc) is 3.30. The number of nitrogens with zero attached hydrogens (tertiary/aromatic N) is 3. The van der Waals surface area contributed by atoms with Crippen LogP contribution in [0.1, 0.15) is 39.1 Å². The number of piperidine rings is 1. The molecule has 172 valence electrons. The molecule has 1 aliphatic rings. The van der Waals surface area contributed by atoms with E-state index in [1.165, 1.54) is 29.5 Å². The van der Waals surface area contributed by atoms with Crippen molar-refractivity contribution < 1.29 is 18.7 Å². The summed E-state index contributed by atoms with van der Waals surface area (Å²) in [5.41, 5.74) is 2.03. The number of aromatic nitrogens is 2. The SMILES string of the molecule is COc1ccc(C)cc1NC(=O)N1CCC(c2nnc(C(=O)Nc3cccc(F)c3)s2)CC1. The summed E-state index contributed by atoms with van der Waals surface area (Å²) in [5.74, 6) is -0.117. The Balaban J connectivity index is 1.33. The maximum Gasteiger partial charge on any atom is 0.321 e. The van der Waals surface area contributed by atoms with E-state index in [1.54, 1.807) is 18.1 Å². The number of hydrogen-bond acceptors (Lipinski definition) is 6. The zero-order valence-corrected chi connectivity index (χ0v) is 19.1. The molecule has 10 heteroatoms. The van der Waals surface area contributed by atoms with Gasteiger partial charge in [-0.2, -0.15) is 0 Å². The summed E-state index contributed by atoms with van der Waals surface area (Å²) in [7, 11) is 1.57. The van der Waals surface area contributed by atoms with Crippen molar-refractivity contribution in [1.29, 1.82) is 0 Å². The lowest BCUT2D eigenvalue weighted by atomic mass is 9.98. The van der Waals surface area contributed by atoms with Gasteiger partial charge in [-0.3, -0.25) is 4.79 Å². The molecular formula is C23H24FN5O3S. The summed E-state index contributed by atoms with van der Waals surface area (Å²) in [6.07, 6.45) is 1.44. The molecule has 1 saturated heterocycles. The van der Waals surface area contributed by atoms with Gasteiger partial charge in [-0.15, -0.1) is 10.2 Å². The van der Waals surface area contributed by atoms with Crippen molar-refractivity contribution in [1.82, 2.24) is 15.1 Å². The number of aryl methyl sites for hydroxylation is 1. The third kappa shape index (κ3) is 5.46. The van der Waals surface area contributed by atoms with Crippen LogP contribution in [-0.2, 0) is 0 Å². The van der Waals surface area contributed by atoms with Gasteiger partial charge in [-0.05, 0) is 55.7 Å². The molecule has 33 heavy (non-hydrogen) atoms. The fraction of sp³-hybridized carbons (Fsp3) is 0.304. The van der Waals surface area contributed by atoms with E-state index in [2.05, 4.69) is 20.8 Å². The standard InChI is InChI=1S/C23H24FN5O3S/c1-14-6-7-19(32-2)18(12-14)26-23(31)29-10-8-15(9-11-29)21-27-28-22(33-21)20(30)25-17-5-3-4-16(24)13-17/h3-7,12-13,15H,8-11H2,1-2H3,(H,25,30)(H,26,31). The molecule has 3 amide bonds. The molecule has 1 fully saturated rings. The maximum absolute atomic E-state index is 13.3. The van der Waals surface area contributed by atoms with Crippen molar-refractivity contribution in [3.05, 3.63) is 63.9 Å². The quantitative estimate of drug-likeness (QED) is 0.567. The Bertz CT molecular complexity index is 1160. The molecule has 0 unspecified atom stereocenters. The highest BCUT2D eigenvalue weighted by molar-refractivity contribution is 7.13. The minimum absolute atomic E-state index is 0.121.